The van der Waals surface area contributed by atoms with Gasteiger partial charge in [-0.25, -0.2) is 0 Å². The Balaban J connectivity index is 2.17. The van der Waals surface area contributed by atoms with Gasteiger partial charge in [-0.2, -0.15) is 0 Å². The number of nitrogens with two attached hydrogens (primary N) is 1. The van der Waals surface area contributed by atoms with E-state index < -0.39 is 11.4 Å². The maximum atomic E-state index is 11.4. The molecule has 0 fully saturated rings. The SMILES string of the molecule is CC(CC(N)=O)(NC(=S)Nc1n[nH]c(=S)s1)c1ccccc1. The van der Waals surface area contributed by atoms with Crippen molar-refractivity contribution in [3.8, 4) is 0 Å². The molecule has 1 heterocycles. The van der Waals surface area contributed by atoms with Gasteiger partial charge in [-0.3, -0.25) is 9.89 Å². The van der Waals surface area contributed by atoms with Crippen molar-refractivity contribution in [1.82, 2.24) is 15.5 Å². The quantitative estimate of drug-likeness (QED) is 0.616. The Labute approximate surface area is 142 Å². The first kappa shape index (κ1) is 16.5. The van der Waals surface area contributed by atoms with E-state index >= 15 is 0 Å². The maximum Gasteiger partial charge on any atom is 0.220 e. The third kappa shape index (κ3) is 4.33. The van der Waals surface area contributed by atoms with E-state index in [2.05, 4.69) is 20.8 Å². The molecule has 5 N–H and O–H groups in total. The Kier molecular flexibility index (Phi) is 5.22. The summed E-state index contributed by atoms with van der Waals surface area (Å²) < 4.78 is 0.549. The van der Waals surface area contributed by atoms with Crippen molar-refractivity contribution in [3.05, 3.63) is 39.8 Å². The van der Waals surface area contributed by atoms with Gasteiger partial charge in [0.2, 0.25) is 11.0 Å². The Morgan fingerprint density at radius 3 is 2.68 bits per heavy atom. The predicted octanol–water partition coefficient (Wildman–Crippen LogP) is 2.28. The molecule has 0 radical (unpaired) electrons. The van der Waals surface area contributed by atoms with Crippen LogP contribution < -0.4 is 16.4 Å². The van der Waals surface area contributed by atoms with E-state index in [4.69, 9.17) is 30.2 Å². The van der Waals surface area contributed by atoms with Gasteiger partial charge in [-0.1, -0.05) is 41.7 Å². The van der Waals surface area contributed by atoms with Crippen LogP contribution in [0.4, 0.5) is 5.13 Å². The fraction of sp³-hybridized carbons (Fsp3) is 0.231. The van der Waals surface area contributed by atoms with E-state index in [-0.39, 0.29) is 6.42 Å². The first-order valence-corrected chi connectivity index (χ1v) is 8.01. The van der Waals surface area contributed by atoms with E-state index in [1.165, 1.54) is 11.3 Å². The van der Waals surface area contributed by atoms with Gasteiger partial charge in [0.1, 0.15) is 0 Å². The second-order valence-corrected chi connectivity index (χ2v) is 6.91. The van der Waals surface area contributed by atoms with Gasteiger partial charge >= 0.3 is 0 Å². The summed E-state index contributed by atoms with van der Waals surface area (Å²) in [5.74, 6) is -0.419. The highest BCUT2D eigenvalue weighted by Crippen LogP contribution is 2.24. The number of H-pyrrole nitrogens is 1. The fourth-order valence-corrected chi connectivity index (χ4v) is 3.22. The van der Waals surface area contributed by atoms with Gasteiger partial charge in [0.15, 0.2) is 9.07 Å². The topological polar surface area (TPSA) is 95.8 Å². The van der Waals surface area contributed by atoms with Crippen LogP contribution in [0.15, 0.2) is 30.3 Å². The number of thiocarbonyl (C=S) groups is 1. The second-order valence-electron chi connectivity index (χ2n) is 4.84. The van der Waals surface area contributed by atoms with E-state index in [0.29, 0.717) is 14.2 Å². The molecule has 22 heavy (non-hydrogen) atoms. The van der Waals surface area contributed by atoms with E-state index in [1.54, 1.807) is 0 Å². The minimum Gasteiger partial charge on any atom is -0.370 e. The summed E-state index contributed by atoms with van der Waals surface area (Å²) >= 11 is 11.5. The van der Waals surface area contributed by atoms with Gasteiger partial charge in [-0.15, -0.1) is 5.10 Å². The lowest BCUT2D eigenvalue weighted by Gasteiger charge is -2.31. The number of nitrogens with one attached hydrogen (secondary N) is 3. The lowest BCUT2D eigenvalue weighted by molar-refractivity contribution is -0.119. The molecule has 0 aliphatic heterocycles. The Morgan fingerprint density at radius 1 is 1.45 bits per heavy atom. The number of hydrogen-bond donors (Lipinski definition) is 4. The Morgan fingerprint density at radius 2 is 2.14 bits per heavy atom. The number of aromatic amines is 1. The summed E-state index contributed by atoms with van der Waals surface area (Å²) in [6.45, 7) is 1.87. The van der Waals surface area contributed by atoms with Gasteiger partial charge in [0.25, 0.3) is 0 Å². The highest BCUT2D eigenvalue weighted by Gasteiger charge is 2.29. The van der Waals surface area contributed by atoms with Crippen molar-refractivity contribution < 1.29 is 4.79 Å². The molecule has 9 heteroatoms. The zero-order valence-corrected chi connectivity index (χ0v) is 14.2. The molecule has 0 aliphatic carbocycles. The molecule has 1 aromatic carbocycles. The van der Waals surface area contributed by atoms with Crippen molar-refractivity contribution >= 4 is 51.9 Å². The van der Waals surface area contributed by atoms with Crippen molar-refractivity contribution in [2.24, 2.45) is 5.73 Å². The minimum atomic E-state index is -0.713. The zero-order valence-electron chi connectivity index (χ0n) is 11.8. The smallest absolute Gasteiger partial charge is 0.220 e. The number of rotatable bonds is 5. The molecule has 116 valence electrons. The van der Waals surface area contributed by atoms with E-state index in [9.17, 15) is 4.79 Å². The highest BCUT2D eigenvalue weighted by atomic mass is 32.1. The molecule has 0 spiro atoms. The Bertz CT molecular complexity index is 727. The van der Waals surface area contributed by atoms with Gasteiger partial charge in [-0.05, 0) is 36.9 Å². The number of amides is 1. The lowest BCUT2D eigenvalue weighted by atomic mass is 9.88. The number of carbonyl (C=O) groups is 1. The standard InChI is InChI=1S/C13H15N5OS3/c1-13(7-9(14)19,8-5-3-2-4-6-8)16-10(20)15-11-17-18-12(21)22-11/h2-6H,7H2,1H3,(H2,14,19)(H,18,21)(H2,15,16,17,20). The molecular weight excluding hydrogens is 338 g/mol. The minimum absolute atomic E-state index is 0.106. The molecule has 2 aromatic rings. The molecule has 2 rings (SSSR count). The summed E-state index contributed by atoms with van der Waals surface area (Å²) in [7, 11) is 0. The average Bonchev–Trinajstić information content (AvgIpc) is 2.83. The van der Waals surface area contributed by atoms with Crippen molar-refractivity contribution in [2.45, 2.75) is 18.9 Å². The van der Waals surface area contributed by atoms with Crippen molar-refractivity contribution in [2.75, 3.05) is 5.32 Å². The lowest BCUT2D eigenvalue weighted by Crippen LogP contribution is -2.47. The molecular formula is C13H15N5OS3. The third-order valence-electron chi connectivity index (χ3n) is 2.99. The van der Waals surface area contributed by atoms with Gasteiger partial charge in [0.05, 0.1) is 12.0 Å². The molecule has 0 saturated carbocycles. The van der Waals surface area contributed by atoms with Gasteiger partial charge in [0, 0.05) is 0 Å². The number of primary amides is 1. The molecule has 0 aliphatic rings. The number of nitrogens with zero attached hydrogens (tertiary/aromatic N) is 1. The Hall–Kier alpha value is -1.84. The van der Waals surface area contributed by atoms with Crippen LogP contribution in [0.2, 0.25) is 0 Å². The van der Waals surface area contributed by atoms with E-state index in [1.807, 2.05) is 37.3 Å². The fourth-order valence-electron chi connectivity index (χ4n) is 2.04. The van der Waals surface area contributed by atoms with Crippen molar-refractivity contribution in [1.29, 1.82) is 0 Å². The second kappa shape index (κ2) is 6.95. The summed E-state index contributed by atoms with van der Waals surface area (Å²) in [5.41, 5.74) is 5.57. The van der Waals surface area contributed by atoms with E-state index in [0.717, 1.165) is 5.56 Å². The maximum absolute atomic E-state index is 11.4. The normalized spacial score (nSPS) is 13.1. The molecule has 0 bridgehead atoms. The summed E-state index contributed by atoms with van der Waals surface area (Å²) in [6.07, 6.45) is 0.106. The summed E-state index contributed by atoms with van der Waals surface area (Å²) in [5, 5.41) is 13.6. The van der Waals surface area contributed by atoms with Crippen LogP contribution in [-0.4, -0.2) is 21.2 Å². The summed E-state index contributed by atoms with van der Waals surface area (Å²) in [6, 6.07) is 9.52. The zero-order chi connectivity index (χ0) is 16.2. The number of anilines is 1. The van der Waals surface area contributed by atoms with Crippen LogP contribution in [0.3, 0.4) is 0 Å². The number of benzene rings is 1. The average molecular weight is 353 g/mol. The number of aromatic nitrogens is 2. The van der Waals surface area contributed by atoms with Crippen LogP contribution in [0, 0.1) is 3.95 Å². The molecule has 1 aromatic heterocycles. The van der Waals surface area contributed by atoms with Crippen molar-refractivity contribution in [3.63, 3.8) is 0 Å². The van der Waals surface area contributed by atoms with Crippen LogP contribution in [0.25, 0.3) is 0 Å². The molecule has 0 saturated heterocycles. The van der Waals surface area contributed by atoms with Gasteiger partial charge < -0.3 is 16.4 Å². The first-order valence-electron chi connectivity index (χ1n) is 6.37. The first-order chi connectivity index (χ1) is 10.4. The molecule has 1 amide bonds. The molecule has 6 nitrogen and oxygen atoms in total. The summed E-state index contributed by atoms with van der Waals surface area (Å²) in [4.78, 5) is 11.4. The molecule has 1 atom stereocenters. The highest BCUT2D eigenvalue weighted by molar-refractivity contribution is 7.80. The number of carbonyl (C=O) groups excluding carboxylic acids is 1. The largest absolute Gasteiger partial charge is 0.370 e. The predicted molar refractivity (Wildman–Crippen MR) is 94.3 cm³/mol. The van der Waals surface area contributed by atoms with Crippen LogP contribution in [0.5, 0.6) is 0 Å². The third-order valence-corrected chi connectivity index (χ3v) is 4.20. The van der Waals surface area contributed by atoms with Crippen LogP contribution in [-0.2, 0) is 10.3 Å². The number of hydrogen-bond acceptors (Lipinski definition) is 5. The van der Waals surface area contributed by atoms with Crippen LogP contribution in [0.1, 0.15) is 18.9 Å². The monoisotopic (exact) mass is 353 g/mol. The van der Waals surface area contributed by atoms with Crippen LogP contribution >= 0.6 is 35.8 Å². The molecule has 1 unspecified atom stereocenters.